The molecule has 0 aliphatic carbocycles. The van der Waals surface area contributed by atoms with E-state index in [-0.39, 0.29) is 18.5 Å². The van der Waals surface area contributed by atoms with Gasteiger partial charge in [-0.05, 0) is 24.6 Å². The highest BCUT2D eigenvalue weighted by atomic mass is 79.9. The molecule has 0 radical (unpaired) electrons. The summed E-state index contributed by atoms with van der Waals surface area (Å²) >= 11 is 3.40. The Labute approximate surface area is 110 Å². The van der Waals surface area contributed by atoms with E-state index in [0.29, 0.717) is 0 Å². The summed E-state index contributed by atoms with van der Waals surface area (Å²) in [5.74, 6) is -0.192. The van der Waals surface area contributed by atoms with Crippen LogP contribution >= 0.6 is 15.9 Å². The Hall–Kier alpha value is -0.910. The average Bonchev–Trinajstić information content (AvgIpc) is 2.30. The highest BCUT2D eigenvalue weighted by Crippen LogP contribution is 2.17. The molecule has 1 rings (SSSR count). The number of benzene rings is 1. The molecule has 3 N–H and O–H groups in total. The molecule has 0 spiro atoms. The minimum Gasteiger partial charge on any atom is -0.370 e. The predicted molar refractivity (Wildman–Crippen MR) is 70.6 cm³/mol. The van der Waals surface area contributed by atoms with E-state index in [1.54, 1.807) is 0 Å². The second-order valence-electron chi connectivity index (χ2n) is 3.75. The van der Waals surface area contributed by atoms with Gasteiger partial charge >= 0.3 is 0 Å². The maximum Gasteiger partial charge on any atom is 0.250 e. The van der Waals surface area contributed by atoms with Crippen LogP contribution in [0.4, 0.5) is 0 Å². The second kappa shape index (κ2) is 6.74. The Morgan fingerprint density at radius 2 is 2.29 bits per heavy atom. The van der Waals surface area contributed by atoms with E-state index in [0.717, 1.165) is 10.0 Å². The Bertz CT molecular complexity index is 381. The minimum atomic E-state index is -0.593. The van der Waals surface area contributed by atoms with Crippen molar-refractivity contribution in [3.05, 3.63) is 34.3 Å². The molecule has 0 aromatic heterocycles. The third kappa shape index (κ3) is 4.11. The highest BCUT2D eigenvalue weighted by Gasteiger charge is 2.18. The SMILES string of the molecule is COC(CN)C(=O)NC(C)c1cccc(Br)c1. The molecule has 1 amide bonds. The van der Waals surface area contributed by atoms with Crippen LogP contribution in [0.2, 0.25) is 0 Å². The monoisotopic (exact) mass is 300 g/mol. The van der Waals surface area contributed by atoms with Crippen molar-refractivity contribution in [1.29, 1.82) is 0 Å². The van der Waals surface area contributed by atoms with Crippen molar-refractivity contribution in [2.75, 3.05) is 13.7 Å². The van der Waals surface area contributed by atoms with Crippen LogP contribution in [-0.4, -0.2) is 25.7 Å². The fraction of sp³-hybridized carbons (Fsp3) is 0.417. The molecule has 5 heteroatoms. The van der Waals surface area contributed by atoms with E-state index in [1.807, 2.05) is 31.2 Å². The van der Waals surface area contributed by atoms with E-state index < -0.39 is 6.10 Å². The van der Waals surface area contributed by atoms with Gasteiger partial charge in [0.1, 0.15) is 6.10 Å². The third-order valence-corrected chi connectivity index (χ3v) is 2.99. The van der Waals surface area contributed by atoms with Gasteiger partial charge < -0.3 is 15.8 Å². The van der Waals surface area contributed by atoms with Crippen LogP contribution in [0.5, 0.6) is 0 Å². The maximum atomic E-state index is 11.7. The van der Waals surface area contributed by atoms with E-state index >= 15 is 0 Å². The Kier molecular flexibility index (Phi) is 5.61. The standard InChI is InChI=1S/C12H17BrN2O2/c1-8(9-4-3-5-10(13)6-9)15-12(16)11(7-14)17-2/h3-6,8,11H,7,14H2,1-2H3,(H,15,16). The molecular weight excluding hydrogens is 284 g/mol. The van der Waals surface area contributed by atoms with Crippen LogP contribution in [0.3, 0.4) is 0 Å². The summed E-state index contributed by atoms with van der Waals surface area (Å²) in [6.45, 7) is 2.09. The molecule has 0 saturated heterocycles. The van der Waals surface area contributed by atoms with Crippen LogP contribution in [0.25, 0.3) is 0 Å². The van der Waals surface area contributed by atoms with Gasteiger partial charge in [0.25, 0.3) is 5.91 Å². The number of methoxy groups -OCH3 is 1. The van der Waals surface area contributed by atoms with Gasteiger partial charge in [-0.15, -0.1) is 0 Å². The topological polar surface area (TPSA) is 64.3 Å². The van der Waals surface area contributed by atoms with Gasteiger partial charge in [-0.3, -0.25) is 4.79 Å². The lowest BCUT2D eigenvalue weighted by Gasteiger charge is -2.18. The molecule has 0 aliphatic heterocycles. The van der Waals surface area contributed by atoms with Crippen LogP contribution in [-0.2, 0) is 9.53 Å². The Balaban J connectivity index is 2.66. The lowest BCUT2D eigenvalue weighted by molar-refractivity contribution is -0.131. The summed E-state index contributed by atoms with van der Waals surface area (Å²) < 4.78 is 5.96. The molecular formula is C12H17BrN2O2. The molecule has 0 saturated carbocycles. The smallest absolute Gasteiger partial charge is 0.250 e. The van der Waals surface area contributed by atoms with Crippen molar-refractivity contribution in [2.45, 2.75) is 19.1 Å². The van der Waals surface area contributed by atoms with Crippen molar-refractivity contribution in [2.24, 2.45) is 5.73 Å². The zero-order chi connectivity index (χ0) is 12.8. The van der Waals surface area contributed by atoms with Crippen LogP contribution < -0.4 is 11.1 Å². The summed E-state index contributed by atoms with van der Waals surface area (Å²) in [5, 5.41) is 2.86. The zero-order valence-electron chi connectivity index (χ0n) is 9.94. The van der Waals surface area contributed by atoms with Crippen LogP contribution in [0.1, 0.15) is 18.5 Å². The van der Waals surface area contributed by atoms with Gasteiger partial charge in [0, 0.05) is 18.1 Å². The van der Waals surface area contributed by atoms with Crippen molar-refractivity contribution >= 4 is 21.8 Å². The van der Waals surface area contributed by atoms with Gasteiger partial charge in [-0.1, -0.05) is 28.1 Å². The van der Waals surface area contributed by atoms with Crippen molar-refractivity contribution in [3.8, 4) is 0 Å². The van der Waals surface area contributed by atoms with E-state index in [4.69, 9.17) is 10.5 Å². The molecule has 0 aliphatic rings. The molecule has 0 fully saturated rings. The van der Waals surface area contributed by atoms with Crippen molar-refractivity contribution in [1.82, 2.24) is 5.32 Å². The number of nitrogens with two attached hydrogens (primary N) is 1. The largest absolute Gasteiger partial charge is 0.370 e. The van der Waals surface area contributed by atoms with Crippen LogP contribution in [0, 0.1) is 0 Å². The average molecular weight is 301 g/mol. The van der Waals surface area contributed by atoms with Gasteiger partial charge in [0.2, 0.25) is 0 Å². The van der Waals surface area contributed by atoms with Crippen molar-refractivity contribution in [3.63, 3.8) is 0 Å². The zero-order valence-corrected chi connectivity index (χ0v) is 11.5. The number of ether oxygens (including phenoxy) is 1. The first-order valence-corrected chi connectivity index (χ1v) is 6.16. The minimum absolute atomic E-state index is 0.0794. The molecule has 2 atom stereocenters. The van der Waals surface area contributed by atoms with Gasteiger partial charge in [-0.2, -0.15) is 0 Å². The molecule has 1 aromatic carbocycles. The number of amides is 1. The molecule has 0 bridgehead atoms. The number of hydrogen-bond acceptors (Lipinski definition) is 3. The van der Waals surface area contributed by atoms with E-state index in [9.17, 15) is 4.79 Å². The third-order valence-electron chi connectivity index (χ3n) is 2.50. The number of rotatable bonds is 5. The van der Waals surface area contributed by atoms with Gasteiger partial charge in [0.15, 0.2) is 0 Å². The first kappa shape index (κ1) is 14.2. The number of carbonyl (C=O) groups is 1. The first-order valence-electron chi connectivity index (χ1n) is 5.37. The van der Waals surface area contributed by atoms with E-state index in [1.165, 1.54) is 7.11 Å². The van der Waals surface area contributed by atoms with E-state index in [2.05, 4.69) is 21.2 Å². The molecule has 17 heavy (non-hydrogen) atoms. The second-order valence-corrected chi connectivity index (χ2v) is 4.66. The molecule has 94 valence electrons. The summed E-state index contributed by atoms with van der Waals surface area (Å²) in [5.41, 5.74) is 6.46. The maximum absolute atomic E-state index is 11.7. The quantitative estimate of drug-likeness (QED) is 0.868. The number of carbonyl (C=O) groups excluding carboxylic acids is 1. The lowest BCUT2D eigenvalue weighted by atomic mass is 10.1. The Morgan fingerprint density at radius 3 is 2.82 bits per heavy atom. The van der Waals surface area contributed by atoms with Gasteiger partial charge in [-0.25, -0.2) is 0 Å². The molecule has 1 aromatic rings. The summed E-state index contributed by atoms with van der Waals surface area (Å²) in [7, 11) is 1.47. The fourth-order valence-electron chi connectivity index (χ4n) is 1.48. The predicted octanol–water partition coefficient (Wildman–Crippen LogP) is 1.60. The first-order chi connectivity index (χ1) is 8.08. The fourth-order valence-corrected chi connectivity index (χ4v) is 1.89. The summed E-state index contributed by atoms with van der Waals surface area (Å²) in [6.07, 6.45) is -0.593. The number of halogens is 1. The van der Waals surface area contributed by atoms with Gasteiger partial charge in [0.05, 0.1) is 6.04 Å². The molecule has 2 unspecified atom stereocenters. The Morgan fingerprint density at radius 1 is 1.59 bits per heavy atom. The number of nitrogens with one attached hydrogen (secondary N) is 1. The van der Waals surface area contributed by atoms with Crippen LogP contribution in [0.15, 0.2) is 28.7 Å². The molecule has 0 heterocycles. The number of hydrogen-bond donors (Lipinski definition) is 2. The highest BCUT2D eigenvalue weighted by molar-refractivity contribution is 9.10. The summed E-state index contributed by atoms with van der Waals surface area (Å²) in [6, 6.07) is 7.72. The molecule has 4 nitrogen and oxygen atoms in total. The lowest BCUT2D eigenvalue weighted by Crippen LogP contribution is -2.41. The summed E-state index contributed by atoms with van der Waals surface area (Å²) in [4.78, 5) is 11.7. The van der Waals surface area contributed by atoms with Crippen molar-refractivity contribution < 1.29 is 9.53 Å². The normalized spacial score (nSPS) is 14.1.